The van der Waals surface area contributed by atoms with Gasteiger partial charge in [0.05, 0.1) is 11.9 Å². The molecule has 0 fully saturated rings. The first kappa shape index (κ1) is 17.7. The number of nitrogens with zero attached hydrogens (tertiary/aromatic N) is 2. The van der Waals surface area contributed by atoms with E-state index in [0.29, 0.717) is 11.6 Å². The molecule has 0 bridgehead atoms. The largest absolute Gasteiger partial charge is 0.478 e. The summed E-state index contributed by atoms with van der Waals surface area (Å²) in [6.45, 7) is 5.18. The lowest BCUT2D eigenvalue weighted by Gasteiger charge is -2.25. The van der Waals surface area contributed by atoms with Gasteiger partial charge in [-0.05, 0) is 57.2 Å². The molecule has 0 aliphatic carbocycles. The van der Waals surface area contributed by atoms with Crippen molar-refractivity contribution in [2.75, 3.05) is 5.32 Å². The van der Waals surface area contributed by atoms with Gasteiger partial charge in [0.2, 0.25) is 0 Å². The van der Waals surface area contributed by atoms with E-state index in [0.717, 1.165) is 11.3 Å². The Labute approximate surface area is 151 Å². The van der Waals surface area contributed by atoms with Crippen molar-refractivity contribution >= 4 is 11.7 Å². The second kappa shape index (κ2) is 7.00. The van der Waals surface area contributed by atoms with Gasteiger partial charge in [-0.3, -0.25) is 4.79 Å². The number of anilines is 1. The molecule has 5 nitrogen and oxygen atoms in total. The zero-order valence-corrected chi connectivity index (χ0v) is 14.9. The van der Waals surface area contributed by atoms with Gasteiger partial charge in [0.15, 0.2) is 5.60 Å². The third-order valence-electron chi connectivity index (χ3n) is 3.92. The summed E-state index contributed by atoms with van der Waals surface area (Å²) >= 11 is 0. The van der Waals surface area contributed by atoms with Crippen molar-refractivity contribution in [2.45, 2.75) is 26.4 Å². The second-order valence-corrected chi connectivity index (χ2v) is 6.44. The van der Waals surface area contributed by atoms with Crippen LogP contribution in [-0.4, -0.2) is 21.3 Å². The van der Waals surface area contributed by atoms with Gasteiger partial charge >= 0.3 is 0 Å². The summed E-state index contributed by atoms with van der Waals surface area (Å²) in [7, 11) is 0. The van der Waals surface area contributed by atoms with E-state index in [9.17, 15) is 9.18 Å². The molecule has 1 N–H and O–H groups in total. The summed E-state index contributed by atoms with van der Waals surface area (Å²) in [4.78, 5) is 12.8. The fourth-order valence-corrected chi connectivity index (χ4v) is 2.45. The third kappa shape index (κ3) is 3.74. The number of rotatable bonds is 5. The summed E-state index contributed by atoms with van der Waals surface area (Å²) in [5.74, 6) is 0.307. The molecule has 1 amide bonds. The van der Waals surface area contributed by atoms with Crippen LogP contribution in [0.25, 0.3) is 5.69 Å². The van der Waals surface area contributed by atoms with Crippen LogP contribution < -0.4 is 10.1 Å². The van der Waals surface area contributed by atoms with Gasteiger partial charge in [0.25, 0.3) is 5.91 Å². The van der Waals surface area contributed by atoms with E-state index in [1.165, 1.54) is 24.3 Å². The predicted molar refractivity (Wildman–Crippen MR) is 98.0 cm³/mol. The third-order valence-corrected chi connectivity index (χ3v) is 3.92. The first-order valence-corrected chi connectivity index (χ1v) is 8.23. The van der Waals surface area contributed by atoms with Crippen LogP contribution in [0, 0.1) is 12.7 Å². The van der Waals surface area contributed by atoms with Crippen LogP contribution in [0.5, 0.6) is 5.75 Å². The molecule has 0 unspecified atom stereocenters. The number of hydrogen-bond acceptors (Lipinski definition) is 3. The summed E-state index contributed by atoms with van der Waals surface area (Å²) < 4.78 is 20.4. The van der Waals surface area contributed by atoms with E-state index in [2.05, 4.69) is 10.4 Å². The Morgan fingerprint density at radius 3 is 2.42 bits per heavy atom. The molecule has 6 heteroatoms. The molecule has 0 aliphatic heterocycles. The van der Waals surface area contributed by atoms with Crippen LogP contribution in [0.15, 0.2) is 60.8 Å². The van der Waals surface area contributed by atoms with Crippen molar-refractivity contribution < 1.29 is 13.9 Å². The fraction of sp³-hybridized carbons (Fsp3) is 0.200. The van der Waals surface area contributed by atoms with Crippen molar-refractivity contribution in [3.63, 3.8) is 0 Å². The summed E-state index contributed by atoms with van der Waals surface area (Å²) in [6.07, 6.45) is 1.69. The summed E-state index contributed by atoms with van der Waals surface area (Å²) in [6, 6.07) is 15.1. The van der Waals surface area contributed by atoms with Crippen molar-refractivity contribution in [1.82, 2.24) is 9.78 Å². The van der Waals surface area contributed by atoms with Crippen molar-refractivity contribution in [2.24, 2.45) is 0 Å². The van der Waals surface area contributed by atoms with Crippen LogP contribution in [0.1, 0.15) is 19.4 Å². The summed E-state index contributed by atoms with van der Waals surface area (Å²) in [5, 5.41) is 7.23. The standard InChI is InChI=1S/C20H20FN3O2/c1-14-13-22-24(16-7-5-4-6-8-16)18(14)23-19(25)20(2,3)26-17-11-9-15(21)10-12-17/h4-13H,1-3H3,(H,23,25). The first-order chi connectivity index (χ1) is 12.4. The Balaban J connectivity index is 1.81. The van der Waals surface area contributed by atoms with E-state index >= 15 is 0 Å². The van der Waals surface area contributed by atoms with Gasteiger partial charge in [-0.2, -0.15) is 5.10 Å². The molecular formula is C20H20FN3O2. The lowest BCUT2D eigenvalue weighted by atomic mass is 10.1. The molecular weight excluding hydrogens is 333 g/mol. The number of carbonyl (C=O) groups excluding carboxylic acids is 1. The van der Waals surface area contributed by atoms with Crippen LogP contribution >= 0.6 is 0 Å². The molecule has 0 atom stereocenters. The molecule has 0 spiro atoms. The minimum atomic E-state index is -1.16. The topological polar surface area (TPSA) is 56.2 Å². The monoisotopic (exact) mass is 353 g/mol. The van der Waals surface area contributed by atoms with E-state index in [1.54, 1.807) is 24.7 Å². The van der Waals surface area contributed by atoms with E-state index in [4.69, 9.17) is 4.74 Å². The molecule has 0 aliphatic rings. The highest BCUT2D eigenvalue weighted by Gasteiger charge is 2.31. The minimum Gasteiger partial charge on any atom is -0.478 e. The molecule has 0 radical (unpaired) electrons. The lowest BCUT2D eigenvalue weighted by molar-refractivity contribution is -0.128. The van der Waals surface area contributed by atoms with Crippen LogP contribution in [-0.2, 0) is 4.79 Å². The van der Waals surface area contributed by atoms with Crippen LogP contribution in [0.4, 0.5) is 10.2 Å². The SMILES string of the molecule is Cc1cnn(-c2ccccc2)c1NC(=O)C(C)(C)Oc1ccc(F)cc1. The Kier molecular flexibility index (Phi) is 4.75. The summed E-state index contributed by atoms with van der Waals surface area (Å²) in [5.41, 5.74) is 0.517. The van der Waals surface area contributed by atoms with Gasteiger partial charge in [0, 0.05) is 5.56 Å². The van der Waals surface area contributed by atoms with Gasteiger partial charge in [-0.25, -0.2) is 9.07 Å². The zero-order valence-electron chi connectivity index (χ0n) is 14.9. The fourth-order valence-electron chi connectivity index (χ4n) is 2.45. The van der Waals surface area contributed by atoms with E-state index in [-0.39, 0.29) is 11.7 Å². The maximum atomic E-state index is 13.0. The number of halogens is 1. The van der Waals surface area contributed by atoms with Gasteiger partial charge in [-0.15, -0.1) is 0 Å². The average molecular weight is 353 g/mol. The number of carbonyl (C=O) groups is 1. The average Bonchev–Trinajstić information content (AvgIpc) is 2.98. The number of ether oxygens (including phenoxy) is 1. The number of benzene rings is 2. The quantitative estimate of drug-likeness (QED) is 0.751. The molecule has 2 aromatic carbocycles. The highest BCUT2D eigenvalue weighted by Crippen LogP contribution is 2.23. The molecule has 0 saturated heterocycles. The number of hydrogen-bond donors (Lipinski definition) is 1. The highest BCUT2D eigenvalue weighted by atomic mass is 19.1. The first-order valence-electron chi connectivity index (χ1n) is 8.23. The maximum Gasteiger partial charge on any atom is 0.269 e. The molecule has 134 valence electrons. The van der Waals surface area contributed by atoms with E-state index in [1.807, 2.05) is 37.3 Å². The number of aryl methyl sites for hydroxylation is 1. The molecule has 0 saturated carbocycles. The van der Waals surface area contributed by atoms with Gasteiger partial charge in [0.1, 0.15) is 17.4 Å². The molecule has 3 aromatic rings. The number of amides is 1. The number of aromatic nitrogens is 2. The number of nitrogens with one attached hydrogen (secondary N) is 1. The predicted octanol–water partition coefficient (Wildman–Crippen LogP) is 4.12. The number of para-hydroxylation sites is 1. The lowest BCUT2D eigenvalue weighted by Crippen LogP contribution is -2.43. The molecule has 26 heavy (non-hydrogen) atoms. The van der Waals surface area contributed by atoms with Crippen molar-refractivity contribution in [3.8, 4) is 11.4 Å². The Hall–Kier alpha value is -3.15. The smallest absolute Gasteiger partial charge is 0.269 e. The van der Waals surface area contributed by atoms with Crippen LogP contribution in [0.2, 0.25) is 0 Å². The Morgan fingerprint density at radius 1 is 1.12 bits per heavy atom. The van der Waals surface area contributed by atoms with Crippen LogP contribution in [0.3, 0.4) is 0 Å². The molecule has 1 aromatic heterocycles. The molecule has 1 heterocycles. The van der Waals surface area contributed by atoms with E-state index < -0.39 is 5.60 Å². The van der Waals surface area contributed by atoms with Gasteiger partial charge < -0.3 is 10.1 Å². The minimum absolute atomic E-state index is 0.331. The van der Waals surface area contributed by atoms with Crippen molar-refractivity contribution in [3.05, 3.63) is 72.2 Å². The van der Waals surface area contributed by atoms with Gasteiger partial charge in [-0.1, -0.05) is 18.2 Å². The Bertz CT molecular complexity index is 903. The van der Waals surface area contributed by atoms with Crippen molar-refractivity contribution in [1.29, 1.82) is 0 Å². The zero-order chi connectivity index (χ0) is 18.7. The second-order valence-electron chi connectivity index (χ2n) is 6.44. The normalized spacial score (nSPS) is 11.2. The highest BCUT2D eigenvalue weighted by molar-refractivity contribution is 5.97. The Morgan fingerprint density at radius 2 is 1.77 bits per heavy atom. The molecule has 3 rings (SSSR count). The maximum absolute atomic E-state index is 13.0.